The maximum Gasteiger partial charge on any atom is 0.409 e. The van der Waals surface area contributed by atoms with Crippen molar-refractivity contribution in [3.63, 3.8) is 0 Å². The minimum absolute atomic E-state index is 0.208. The van der Waals surface area contributed by atoms with Gasteiger partial charge in [0, 0.05) is 38.7 Å². The zero-order valence-electron chi connectivity index (χ0n) is 19.8. The van der Waals surface area contributed by atoms with Crippen molar-refractivity contribution in [2.24, 2.45) is 0 Å². The van der Waals surface area contributed by atoms with Gasteiger partial charge in [-0.1, -0.05) is 31.4 Å². The van der Waals surface area contributed by atoms with E-state index < -0.39 is 14.2 Å². The number of carboxylic acid groups (broad SMARTS) is 1. The molecular weight excluding hydrogens is 490 g/mol. The number of amides is 2. The van der Waals surface area contributed by atoms with Crippen LogP contribution in [0.1, 0.15) is 6.92 Å². The van der Waals surface area contributed by atoms with E-state index in [1.807, 2.05) is 16.9 Å². The second-order valence-corrected chi connectivity index (χ2v) is 16.1. The molecule has 0 radical (unpaired) electrons. The molecule has 0 aliphatic rings. The molecule has 0 bridgehead atoms. The molecular formula is C22H29N5O4S2Si. The zero-order valence-corrected chi connectivity index (χ0v) is 22.5. The van der Waals surface area contributed by atoms with Crippen molar-refractivity contribution in [3.05, 3.63) is 29.8 Å². The Balaban J connectivity index is 2.06. The molecule has 12 heteroatoms. The number of pyridine rings is 1. The number of aromatic nitrogens is 3. The molecule has 0 aromatic carbocycles. The summed E-state index contributed by atoms with van der Waals surface area (Å²) in [4.78, 5) is 32.6. The maximum atomic E-state index is 11.6. The van der Waals surface area contributed by atoms with Crippen molar-refractivity contribution in [3.8, 4) is 21.8 Å². The van der Waals surface area contributed by atoms with Gasteiger partial charge >= 0.3 is 6.09 Å². The van der Waals surface area contributed by atoms with Crippen LogP contribution in [-0.4, -0.2) is 52.6 Å². The fourth-order valence-corrected chi connectivity index (χ4v) is 5.32. The minimum atomic E-state index is -1.23. The number of hydrogen-bond acceptors (Lipinski definition) is 7. The molecule has 0 saturated heterocycles. The van der Waals surface area contributed by atoms with Gasteiger partial charge in [0.1, 0.15) is 18.2 Å². The number of imidazole rings is 1. The number of thiophene rings is 1. The number of nitrogens with zero attached hydrogens (tertiary/aromatic N) is 3. The Morgan fingerprint density at radius 2 is 2.03 bits per heavy atom. The molecule has 0 aliphatic carbocycles. The van der Waals surface area contributed by atoms with Gasteiger partial charge in [0.15, 0.2) is 5.16 Å². The Hall–Kier alpha value is -2.67. The summed E-state index contributed by atoms with van der Waals surface area (Å²) in [5.74, 6) is 0.231. The highest BCUT2D eigenvalue weighted by atomic mass is 32.2. The molecule has 0 spiro atoms. The van der Waals surface area contributed by atoms with E-state index in [0.29, 0.717) is 30.5 Å². The molecule has 0 unspecified atom stereocenters. The molecule has 182 valence electrons. The second kappa shape index (κ2) is 11.2. The van der Waals surface area contributed by atoms with Crippen molar-refractivity contribution in [2.45, 2.75) is 44.5 Å². The topological polar surface area (TPSA) is 118 Å². The van der Waals surface area contributed by atoms with E-state index in [2.05, 4.69) is 35.3 Å². The molecule has 3 aromatic rings. The predicted octanol–water partition coefficient (Wildman–Crippen LogP) is 5.76. The lowest BCUT2D eigenvalue weighted by molar-refractivity contribution is -0.114. The Morgan fingerprint density at radius 1 is 1.26 bits per heavy atom. The van der Waals surface area contributed by atoms with Gasteiger partial charge in [-0.25, -0.2) is 14.8 Å². The third kappa shape index (κ3) is 6.92. The highest BCUT2D eigenvalue weighted by molar-refractivity contribution is 7.98. The number of carbonyl (C=O) groups is 2. The van der Waals surface area contributed by atoms with Gasteiger partial charge < -0.3 is 15.2 Å². The zero-order chi connectivity index (χ0) is 24.9. The Morgan fingerprint density at radius 3 is 2.68 bits per heavy atom. The van der Waals surface area contributed by atoms with Crippen molar-refractivity contribution >= 4 is 54.7 Å². The fraction of sp³-hybridized carbons (Fsp3) is 0.364. The molecule has 0 atom stereocenters. The number of hydrogen-bond donors (Lipinski definition) is 3. The molecule has 3 heterocycles. The van der Waals surface area contributed by atoms with Crippen LogP contribution in [0.25, 0.3) is 21.8 Å². The van der Waals surface area contributed by atoms with Gasteiger partial charge in [-0.2, -0.15) is 0 Å². The second-order valence-electron chi connectivity index (χ2n) is 8.81. The number of nitrogens with one attached hydrogen (secondary N) is 2. The first-order valence-corrected chi connectivity index (χ1v) is 16.4. The largest absolute Gasteiger partial charge is 0.465 e. The molecule has 0 saturated carbocycles. The van der Waals surface area contributed by atoms with Crippen molar-refractivity contribution in [1.29, 1.82) is 0 Å². The van der Waals surface area contributed by atoms with Gasteiger partial charge in [0.25, 0.3) is 0 Å². The number of anilines is 2. The average Bonchev–Trinajstić information content (AvgIpc) is 3.34. The van der Waals surface area contributed by atoms with Crippen LogP contribution in [-0.2, 0) is 16.3 Å². The van der Waals surface area contributed by atoms with E-state index in [1.54, 1.807) is 23.7 Å². The van der Waals surface area contributed by atoms with Crippen LogP contribution in [0.5, 0.6) is 0 Å². The molecule has 0 aliphatic heterocycles. The smallest absolute Gasteiger partial charge is 0.409 e. The normalized spacial score (nSPS) is 11.4. The third-order valence-corrected chi connectivity index (χ3v) is 8.07. The van der Waals surface area contributed by atoms with Crippen LogP contribution in [0.2, 0.25) is 25.7 Å². The Kier molecular flexibility index (Phi) is 8.52. The lowest BCUT2D eigenvalue weighted by atomic mass is 10.1. The fourth-order valence-electron chi connectivity index (χ4n) is 3.18. The molecule has 9 nitrogen and oxygen atoms in total. The highest BCUT2D eigenvalue weighted by Gasteiger charge is 2.22. The molecule has 2 amide bonds. The van der Waals surface area contributed by atoms with E-state index in [-0.39, 0.29) is 5.91 Å². The molecule has 3 aromatic heterocycles. The van der Waals surface area contributed by atoms with Crippen LogP contribution in [0.3, 0.4) is 0 Å². The minimum Gasteiger partial charge on any atom is -0.465 e. The van der Waals surface area contributed by atoms with Gasteiger partial charge in [0.2, 0.25) is 5.91 Å². The summed E-state index contributed by atoms with van der Waals surface area (Å²) in [5, 5.41) is 16.7. The SMILES string of the molecule is CSc1nc(-c2cc(NC(=O)O)cs2)c(-c2ccnc(NC(C)=O)c2)n1COCC[Si](C)(C)C. The van der Waals surface area contributed by atoms with Crippen molar-refractivity contribution in [2.75, 3.05) is 23.5 Å². The highest BCUT2D eigenvalue weighted by Crippen LogP contribution is 2.39. The predicted molar refractivity (Wildman–Crippen MR) is 141 cm³/mol. The van der Waals surface area contributed by atoms with Crippen LogP contribution in [0, 0.1) is 0 Å². The Labute approximate surface area is 208 Å². The third-order valence-electron chi connectivity index (χ3n) is 4.75. The van der Waals surface area contributed by atoms with Gasteiger partial charge in [0.05, 0.1) is 16.3 Å². The monoisotopic (exact) mass is 519 g/mol. The first kappa shape index (κ1) is 25.9. The lowest BCUT2D eigenvalue weighted by Crippen LogP contribution is -2.22. The van der Waals surface area contributed by atoms with Gasteiger partial charge in [-0.3, -0.25) is 14.7 Å². The molecule has 34 heavy (non-hydrogen) atoms. The first-order chi connectivity index (χ1) is 16.1. The quantitative estimate of drug-likeness (QED) is 0.177. The Bertz CT molecular complexity index is 1170. The number of carbonyl (C=O) groups excluding carboxylic acids is 1. The summed E-state index contributed by atoms with van der Waals surface area (Å²) in [7, 11) is -1.23. The van der Waals surface area contributed by atoms with Gasteiger partial charge in [-0.15, -0.1) is 11.3 Å². The van der Waals surface area contributed by atoms with E-state index in [4.69, 9.17) is 14.8 Å². The van der Waals surface area contributed by atoms with Crippen molar-refractivity contribution < 1.29 is 19.4 Å². The summed E-state index contributed by atoms with van der Waals surface area (Å²) in [6.07, 6.45) is 2.47. The number of ether oxygens (including phenoxy) is 1. The number of rotatable bonds is 10. The summed E-state index contributed by atoms with van der Waals surface area (Å²) in [5.41, 5.74) is 2.83. The number of thioether (sulfide) groups is 1. The molecule has 3 rings (SSSR count). The van der Waals surface area contributed by atoms with Crippen LogP contribution in [0.15, 0.2) is 34.9 Å². The van der Waals surface area contributed by atoms with E-state index >= 15 is 0 Å². The maximum absolute atomic E-state index is 11.6. The first-order valence-electron chi connectivity index (χ1n) is 10.6. The van der Waals surface area contributed by atoms with Crippen LogP contribution >= 0.6 is 23.1 Å². The van der Waals surface area contributed by atoms with Crippen molar-refractivity contribution in [1.82, 2.24) is 14.5 Å². The van der Waals surface area contributed by atoms with E-state index in [9.17, 15) is 9.59 Å². The summed E-state index contributed by atoms with van der Waals surface area (Å²) < 4.78 is 8.09. The van der Waals surface area contributed by atoms with E-state index in [0.717, 1.165) is 27.3 Å². The summed E-state index contributed by atoms with van der Waals surface area (Å²) >= 11 is 2.91. The summed E-state index contributed by atoms with van der Waals surface area (Å²) in [6, 6.07) is 6.48. The molecule has 3 N–H and O–H groups in total. The average molecular weight is 520 g/mol. The van der Waals surface area contributed by atoms with Crippen LogP contribution in [0.4, 0.5) is 16.3 Å². The van der Waals surface area contributed by atoms with Crippen LogP contribution < -0.4 is 10.6 Å². The van der Waals surface area contributed by atoms with E-state index in [1.165, 1.54) is 30.0 Å². The standard InChI is InChI=1S/C22H29N5O4S2Si/c1-14(28)24-18-10-15(6-7-23-18)20-19(17-11-16(12-33-17)25-22(29)30)26-21(32-2)27(20)13-31-8-9-34(3,4)5/h6-7,10-12,25H,8-9,13H2,1-5H3,(H,29,30)(H,23,24,28). The molecule has 0 fully saturated rings. The lowest BCUT2D eigenvalue weighted by Gasteiger charge is -2.17. The van der Waals surface area contributed by atoms with Gasteiger partial charge in [-0.05, 0) is 30.5 Å². The summed E-state index contributed by atoms with van der Waals surface area (Å²) in [6.45, 7) is 9.35.